The van der Waals surface area contributed by atoms with Gasteiger partial charge < -0.3 is 19.8 Å². The molecule has 1 fully saturated rings. The van der Waals surface area contributed by atoms with Crippen LogP contribution >= 0.6 is 0 Å². The van der Waals surface area contributed by atoms with Crippen molar-refractivity contribution in [3.05, 3.63) is 36.5 Å². The number of benzene rings is 1. The normalized spacial score (nSPS) is 17.7. The third kappa shape index (κ3) is 4.01. The van der Waals surface area contributed by atoms with E-state index in [2.05, 4.69) is 9.88 Å². The van der Waals surface area contributed by atoms with E-state index in [1.165, 1.54) is 0 Å². The molecule has 1 aromatic carbocycles. The topological polar surface area (TPSA) is 82.9 Å². The van der Waals surface area contributed by atoms with Gasteiger partial charge in [0.2, 0.25) is 0 Å². The lowest BCUT2D eigenvalue weighted by atomic mass is 9.97. The minimum Gasteiger partial charge on any atom is -0.490 e. The maximum Gasteiger partial charge on any atom is 0.306 e. The number of hydrogen-bond acceptors (Lipinski definition) is 5. The maximum absolute atomic E-state index is 11.0. The molecule has 2 heterocycles. The first-order valence-electron chi connectivity index (χ1n) is 8.23. The number of ether oxygens (including phenoxy) is 1. The summed E-state index contributed by atoms with van der Waals surface area (Å²) in [7, 11) is 0. The zero-order valence-electron chi connectivity index (χ0n) is 13.5. The van der Waals surface area contributed by atoms with Gasteiger partial charge in [0.05, 0.1) is 11.4 Å². The predicted molar refractivity (Wildman–Crippen MR) is 90.0 cm³/mol. The summed E-state index contributed by atoms with van der Waals surface area (Å²) < 4.78 is 5.77. The zero-order valence-corrected chi connectivity index (χ0v) is 13.5. The number of aliphatic hydroxyl groups is 1. The van der Waals surface area contributed by atoms with Gasteiger partial charge in [0.1, 0.15) is 18.5 Å². The summed E-state index contributed by atoms with van der Waals surface area (Å²) in [6.07, 6.45) is 2.36. The average Bonchev–Trinajstić information content (AvgIpc) is 2.60. The van der Waals surface area contributed by atoms with E-state index >= 15 is 0 Å². The molecule has 0 spiro atoms. The number of carboxylic acid groups (broad SMARTS) is 1. The molecule has 2 N–H and O–H groups in total. The number of hydrogen-bond donors (Lipinski definition) is 2. The van der Waals surface area contributed by atoms with Gasteiger partial charge in [-0.05, 0) is 44.1 Å². The molecule has 0 bridgehead atoms. The number of piperidine rings is 1. The maximum atomic E-state index is 11.0. The molecule has 0 aliphatic carbocycles. The van der Waals surface area contributed by atoms with Crippen LogP contribution in [0.5, 0.6) is 5.75 Å². The first-order valence-corrected chi connectivity index (χ1v) is 8.23. The number of nitrogens with zero attached hydrogens (tertiary/aromatic N) is 2. The highest BCUT2D eigenvalue weighted by Gasteiger charge is 2.25. The van der Waals surface area contributed by atoms with Crippen LogP contribution in [0.25, 0.3) is 10.9 Å². The molecule has 0 radical (unpaired) electrons. The van der Waals surface area contributed by atoms with Gasteiger partial charge in [-0.2, -0.15) is 0 Å². The molecule has 1 aromatic heterocycles. The van der Waals surface area contributed by atoms with Gasteiger partial charge in [0.25, 0.3) is 0 Å². The number of para-hydroxylation sites is 1. The second-order valence-electron chi connectivity index (χ2n) is 6.20. The smallest absolute Gasteiger partial charge is 0.306 e. The Morgan fingerprint density at radius 1 is 1.29 bits per heavy atom. The van der Waals surface area contributed by atoms with Crippen molar-refractivity contribution in [3.8, 4) is 5.75 Å². The highest BCUT2D eigenvalue weighted by atomic mass is 16.5. The third-order valence-electron chi connectivity index (χ3n) is 4.45. The van der Waals surface area contributed by atoms with Crippen molar-refractivity contribution in [1.82, 2.24) is 9.88 Å². The number of fused-ring (bicyclic) bond motifs is 1. The monoisotopic (exact) mass is 330 g/mol. The van der Waals surface area contributed by atoms with Crippen LogP contribution < -0.4 is 4.74 Å². The van der Waals surface area contributed by atoms with Crippen molar-refractivity contribution in [1.29, 1.82) is 0 Å². The second kappa shape index (κ2) is 7.59. The van der Waals surface area contributed by atoms with E-state index < -0.39 is 12.1 Å². The van der Waals surface area contributed by atoms with Gasteiger partial charge in [-0.3, -0.25) is 9.78 Å². The van der Waals surface area contributed by atoms with Crippen molar-refractivity contribution in [2.45, 2.75) is 18.9 Å². The average molecular weight is 330 g/mol. The molecule has 0 saturated carbocycles. The molecule has 2 aromatic rings. The van der Waals surface area contributed by atoms with Crippen LogP contribution in [0.3, 0.4) is 0 Å². The van der Waals surface area contributed by atoms with Crippen molar-refractivity contribution >= 4 is 16.9 Å². The minimum atomic E-state index is -0.719. The van der Waals surface area contributed by atoms with Crippen LogP contribution in [-0.4, -0.2) is 58.4 Å². The standard InChI is InChI=1S/C18H22N2O4/c21-14(11-20-9-6-13(7-10-20)18(22)23)12-24-17-5-8-19-16-4-2-1-3-15(16)17/h1-5,8,13-14,21H,6-7,9-12H2,(H,22,23)/t14-/m1/s1. The van der Waals surface area contributed by atoms with Crippen LogP contribution in [0.15, 0.2) is 36.5 Å². The van der Waals surface area contributed by atoms with Gasteiger partial charge >= 0.3 is 5.97 Å². The van der Waals surface area contributed by atoms with E-state index in [9.17, 15) is 9.90 Å². The van der Waals surface area contributed by atoms with Crippen molar-refractivity contribution in [2.75, 3.05) is 26.2 Å². The van der Waals surface area contributed by atoms with Gasteiger partial charge in [0, 0.05) is 18.1 Å². The Morgan fingerprint density at radius 3 is 2.79 bits per heavy atom. The number of pyridine rings is 1. The van der Waals surface area contributed by atoms with Gasteiger partial charge in [-0.1, -0.05) is 12.1 Å². The highest BCUT2D eigenvalue weighted by molar-refractivity contribution is 5.84. The van der Waals surface area contributed by atoms with Gasteiger partial charge in [0.15, 0.2) is 0 Å². The number of aliphatic carboxylic acids is 1. The van der Waals surface area contributed by atoms with E-state index in [-0.39, 0.29) is 12.5 Å². The first kappa shape index (κ1) is 16.7. The van der Waals surface area contributed by atoms with Crippen LogP contribution in [-0.2, 0) is 4.79 Å². The molecule has 0 amide bonds. The van der Waals surface area contributed by atoms with Crippen molar-refractivity contribution < 1.29 is 19.7 Å². The molecule has 1 aliphatic rings. The van der Waals surface area contributed by atoms with Gasteiger partial charge in [-0.25, -0.2) is 0 Å². The zero-order chi connectivity index (χ0) is 16.9. The summed E-state index contributed by atoms with van der Waals surface area (Å²) >= 11 is 0. The molecule has 1 saturated heterocycles. The van der Waals surface area contributed by atoms with Gasteiger partial charge in [-0.15, -0.1) is 0 Å². The van der Waals surface area contributed by atoms with E-state index in [1.807, 2.05) is 24.3 Å². The van der Waals surface area contributed by atoms with Crippen molar-refractivity contribution in [3.63, 3.8) is 0 Å². The predicted octanol–water partition coefficient (Wildman–Crippen LogP) is 1.77. The lowest BCUT2D eigenvalue weighted by molar-refractivity contribution is -0.143. The van der Waals surface area contributed by atoms with Crippen LogP contribution in [0.2, 0.25) is 0 Å². The van der Waals surface area contributed by atoms with Crippen LogP contribution in [0.1, 0.15) is 12.8 Å². The third-order valence-corrected chi connectivity index (χ3v) is 4.45. The Morgan fingerprint density at radius 2 is 2.04 bits per heavy atom. The number of aromatic nitrogens is 1. The quantitative estimate of drug-likeness (QED) is 0.840. The molecule has 0 unspecified atom stereocenters. The van der Waals surface area contributed by atoms with E-state index in [4.69, 9.17) is 9.84 Å². The molecule has 1 atom stereocenters. The van der Waals surface area contributed by atoms with E-state index in [1.54, 1.807) is 12.3 Å². The Hall–Kier alpha value is -2.18. The molecule has 6 nitrogen and oxygen atoms in total. The summed E-state index contributed by atoms with van der Waals surface area (Å²) in [4.78, 5) is 17.3. The SMILES string of the molecule is O=C(O)C1CCN(C[C@@H](O)COc2ccnc3ccccc23)CC1. The molecule has 128 valence electrons. The Balaban J connectivity index is 1.51. The van der Waals surface area contributed by atoms with Crippen LogP contribution in [0.4, 0.5) is 0 Å². The molecular formula is C18H22N2O4. The lowest BCUT2D eigenvalue weighted by Crippen LogP contribution is -2.42. The molecule has 6 heteroatoms. The Bertz CT molecular complexity index is 693. The van der Waals surface area contributed by atoms with E-state index in [0.29, 0.717) is 38.2 Å². The molecule has 3 rings (SSSR count). The summed E-state index contributed by atoms with van der Waals surface area (Å²) in [5, 5.41) is 20.1. The summed E-state index contributed by atoms with van der Waals surface area (Å²) in [5.41, 5.74) is 0.861. The molecule has 1 aliphatic heterocycles. The number of carbonyl (C=O) groups is 1. The number of rotatable bonds is 6. The summed E-state index contributed by atoms with van der Waals surface area (Å²) in [6.45, 7) is 2.10. The Kier molecular flexibility index (Phi) is 5.27. The fourth-order valence-corrected chi connectivity index (χ4v) is 3.09. The highest BCUT2D eigenvalue weighted by Crippen LogP contribution is 2.23. The minimum absolute atomic E-state index is 0.201. The lowest BCUT2D eigenvalue weighted by Gasteiger charge is -2.31. The molecule has 24 heavy (non-hydrogen) atoms. The van der Waals surface area contributed by atoms with E-state index in [0.717, 1.165) is 10.9 Å². The first-order chi connectivity index (χ1) is 11.6. The molecular weight excluding hydrogens is 308 g/mol. The number of carboxylic acids is 1. The number of β-amino-alcohol motifs (C(OH)–C–C–N with tert-alkyl or cyclic N) is 1. The largest absolute Gasteiger partial charge is 0.490 e. The summed E-state index contributed by atoms with van der Waals surface area (Å²) in [5.74, 6) is -0.259. The van der Waals surface area contributed by atoms with Crippen molar-refractivity contribution in [2.24, 2.45) is 5.92 Å². The fraction of sp³-hybridized carbons (Fsp3) is 0.444. The summed E-state index contributed by atoms with van der Waals surface area (Å²) in [6, 6.07) is 9.52. The number of likely N-dealkylation sites (tertiary alicyclic amines) is 1. The Labute approximate surface area is 140 Å². The second-order valence-corrected chi connectivity index (χ2v) is 6.20. The fourth-order valence-electron chi connectivity index (χ4n) is 3.09. The number of aliphatic hydroxyl groups excluding tert-OH is 1. The van der Waals surface area contributed by atoms with Crippen LogP contribution in [0, 0.1) is 5.92 Å².